The number of aryl methyl sites for hydroxylation is 2. The minimum absolute atomic E-state index is 0.647. The maximum Gasteiger partial charge on any atom is 0.152 e. The summed E-state index contributed by atoms with van der Waals surface area (Å²) in [7, 11) is 0. The number of aromatic nitrogens is 1. The molecule has 0 aliphatic rings. The number of nitrogens with one attached hydrogen (secondary N) is 1. The fraction of sp³-hybridized carbons (Fsp3) is 0.118. The van der Waals surface area contributed by atoms with Crippen molar-refractivity contribution in [1.82, 2.24) is 4.98 Å². The van der Waals surface area contributed by atoms with Gasteiger partial charge in [0.05, 0.1) is 5.69 Å². The SMILES string of the molecule is Cc1ccccc1-c1[nH]c2c(C)cc(Cl)cc2c1C=O. The molecule has 1 N–H and O–H groups in total. The minimum atomic E-state index is 0.647. The van der Waals surface area contributed by atoms with Crippen LogP contribution in [0.5, 0.6) is 0 Å². The molecule has 3 heteroatoms. The van der Waals surface area contributed by atoms with Gasteiger partial charge in [-0.25, -0.2) is 0 Å². The lowest BCUT2D eigenvalue weighted by Gasteiger charge is -2.03. The van der Waals surface area contributed by atoms with E-state index < -0.39 is 0 Å². The van der Waals surface area contributed by atoms with Crippen LogP contribution in [0.15, 0.2) is 36.4 Å². The minimum Gasteiger partial charge on any atom is -0.354 e. The first-order chi connectivity index (χ1) is 9.61. The van der Waals surface area contributed by atoms with E-state index in [1.165, 1.54) is 0 Å². The highest BCUT2D eigenvalue weighted by molar-refractivity contribution is 6.31. The lowest BCUT2D eigenvalue weighted by Crippen LogP contribution is -1.87. The molecule has 0 atom stereocenters. The van der Waals surface area contributed by atoms with Crippen molar-refractivity contribution in [3.63, 3.8) is 0 Å². The Hall–Kier alpha value is -2.06. The molecule has 2 aromatic carbocycles. The molecule has 20 heavy (non-hydrogen) atoms. The highest BCUT2D eigenvalue weighted by Crippen LogP contribution is 2.33. The summed E-state index contributed by atoms with van der Waals surface area (Å²) in [5.74, 6) is 0. The standard InChI is InChI=1S/C17H14ClNO/c1-10-5-3-4-6-13(10)17-15(9-20)14-8-12(18)7-11(2)16(14)19-17/h3-9,19H,1-2H3. The molecule has 0 saturated heterocycles. The van der Waals surface area contributed by atoms with E-state index in [-0.39, 0.29) is 0 Å². The van der Waals surface area contributed by atoms with Crippen LogP contribution in [0.25, 0.3) is 22.2 Å². The first-order valence-electron chi connectivity index (χ1n) is 6.45. The van der Waals surface area contributed by atoms with Crippen molar-refractivity contribution >= 4 is 28.8 Å². The molecule has 1 aromatic heterocycles. The number of fused-ring (bicyclic) bond motifs is 1. The predicted octanol–water partition coefficient (Wildman–Crippen LogP) is 4.92. The molecule has 0 fully saturated rings. The van der Waals surface area contributed by atoms with Gasteiger partial charge in [-0.1, -0.05) is 35.9 Å². The molecule has 0 aliphatic heterocycles. The summed E-state index contributed by atoms with van der Waals surface area (Å²) in [6.45, 7) is 4.02. The van der Waals surface area contributed by atoms with Gasteiger partial charge in [-0.15, -0.1) is 0 Å². The van der Waals surface area contributed by atoms with Crippen LogP contribution in [-0.4, -0.2) is 11.3 Å². The van der Waals surface area contributed by atoms with Crippen molar-refractivity contribution in [3.8, 4) is 11.3 Å². The second-order valence-corrected chi connectivity index (χ2v) is 5.43. The highest BCUT2D eigenvalue weighted by atomic mass is 35.5. The third-order valence-electron chi connectivity index (χ3n) is 3.64. The Morgan fingerprint density at radius 1 is 1.10 bits per heavy atom. The zero-order valence-electron chi connectivity index (χ0n) is 11.3. The summed E-state index contributed by atoms with van der Waals surface area (Å²) >= 11 is 6.11. The summed E-state index contributed by atoms with van der Waals surface area (Å²) in [4.78, 5) is 14.9. The number of hydrogen-bond acceptors (Lipinski definition) is 1. The van der Waals surface area contributed by atoms with E-state index in [4.69, 9.17) is 11.6 Å². The van der Waals surface area contributed by atoms with Crippen LogP contribution >= 0.6 is 11.6 Å². The van der Waals surface area contributed by atoms with Crippen LogP contribution < -0.4 is 0 Å². The molecule has 0 radical (unpaired) electrons. The van der Waals surface area contributed by atoms with Crippen molar-refractivity contribution in [1.29, 1.82) is 0 Å². The van der Waals surface area contributed by atoms with Gasteiger partial charge in [0.25, 0.3) is 0 Å². The first-order valence-corrected chi connectivity index (χ1v) is 6.82. The summed E-state index contributed by atoms with van der Waals surface area (Å²) in [5.41, 5.74) is 5.70. The van der Waals surface area contributed by atoms with Gasteiger partial charge in [0.15, 0.2) is 6.29 Å². The average Bonchev–Trinajstić information content (AvgIpc) is 2.77. The summed E-state index contributed by atoms with van der Waals surface area (Å²) in [6, 6.07) is 11.8. The molecule has 0 aliphatic carbocycles. The van der Waals surface area contributed by atoms with Gasteiger partial charge >= 0.3 is 0 Å². The van der Waals surface area contributed by atoms with E-state index in [1.54, 1.807) is 0 Å². The molecular weight excluding hydrogens is 270 g/mol. The third kappa shape index (κ3) is 1.93. The lowest BCUT2D eigenvalue weighted by molar-refractivity contribution is 0.112. The van der Waals surface area contributed by atoms with Crippen LogP contribution in [0, 0.1) is 13.8 Å². The molecule has 0 unspecified atom stereocenters. The van der Waals surface area contributed by atoms with Gasteiger partial charge in [-0.2, -0.15) is 0 Å². The van der Waals surface area contributed by atoms with Gasteiger partial charge < -0.3 is 4.98 Å². The van der Waals surface area contributed by atoms with Gasteiger partial charge in [0.2, 0.25) is 0 Å². The van der Waals surface area contributed by atoms with Crippen LogP contribution in [0.2, 0.25) is 5.02 Å². The largest absolute Gasteiger partial charge is 0.354 e. The molecular formula is C17H14ClNO. The second kappa shape index (κ2) is 4.80. The average molecular weight is 284 g/mol. The molecule has 3 aromatic rings. The van der Waals surface area contributed by atoms with Crippen LogP contribution in [0.3, 0.4) is 0 Å². The second-order valence-electron chi connectivity index (χ2n) is 4.99. The van der Waals surface area contributed by atoms with Gasteiger partial charge in [0.1, 0.15) is 0 Å². The highest BCUT2D eigenvalue weighted by Gasteiger charge is 2.15. The number of rotatable bonds is 2. The maximum absolute atomic E-state index is 11.5. The molecule has 3 rings (SSSR count). The Kier molecular flexibility index (Phi) is 3.11. The van der Waals surface area contributed by atoms with Crippen LogP contribution in [0.1, 0.15) is 21.5 Å². The summed E-state index contributed by atoms with van der Waals surface area (Å²) < 4.78 is 0. The Morgan fingerprint density at radius 2 is 1.85 bits per heavy atom. The van der Waals surface area contributed by atoms with Crippen molar-refractivity contribution in [2.24, 2.45) is 0 Å². The Balaban J connectivity index is 2.40. The maximum atomic E-state index is 11.5. The van der Waals surface area contributed by atoms with E-state index in [2.05, 4.69) is 4.98 Å². The van der Waals surface area contributed by atoms with Crippen LogP contribution in [-0.2, 0) is 0 Å². The number of aldehydes is 1. The third-order valence-corrected chi connectivity index (χ3v) is 3.86. The zero-order chi connectivity index (χ0) is 14.3. The van der Waals surface area contributed by atoms with E-state index in [0.717, 1.165) is 39.6 Å². The van der Waals surface area contributed by atoms with Gasteiger partial charge in [0, 0.05) is 27.1 Å². The molecule has 2 nitrogen and oxygen atoms in total. The molecule has 100 valence electrons. The Morgan fingerprint density at radius 3 is 2.55 bits per heavy atom. The summed E-state index contributed by atoms with van der Waals surface area (Å²) in [5, 5.41) is 1.52. The number of hydrogen-bond donors (Lipinski definition) is 1. The molecule has 0 amide bonds. The number of carbonyl (C=O) groups excluding carboxylic acids is 1. The fourth-order valence-corrected chi connectivity index (χ4v) is 2.91. The fourth-order valence-electron chi connectivity index (χ4n) is 2.64. The Labute approximate surface area is 122 Å². The molecule has 0 spiro atoms. The quantitative estimate of drug-likeness (QED) is 0.666. The zero-order valence-corrected chi connectivity index (χ0v) is 12.1. The smallest absolute Gasteiger partial charge is 0.152 e. The van der Waals surface area contributed by atoms with E-state index in [0.29, 0.717) is 10.6 Å². The number of carbonyl (C=O) groups is 1. The van der Waals surface area contributed by atoms with Crippen molar-refractivity contribution < 1.29 is 4.79 Å². The van der Waals surface area contributed by atoms with E-state index in [9.17, 15) is 4.79 Å². The summed E-state index contributed by atoms with van der Waals surface area (Å²) in [6.07, 6.45) is 0.899. The van der Waals surface area contributed by atoms with Crippen molar-refractivity contribution in [2.75, 3.05) is 0 Å². The number of aromatic amines is 1. The Bertz CT molecular complexity index is 817. The monoisotopic (exact) mass is 283 g/mol. The molecule has 0 bridgehead atoms. The van der Waals surface area contributed by atoms with Gasteiger partial charge in [-0.05, 0) is 37.1 Å². The lowest BCUT2D eigenvalue weighted by atomic mass is 10.0. The predicted molar refractivity (Wildman–Crippen MR) is 83.6 cm³/mol. The van der Waals surface area contributed by atoms with E-state index >= 15 is 0 Å². The molecule has 1 heterocycles. The number of halogens is 1. The van der Waals surface area contributed by atoms with Gasteiger partial charge in [-0.3, -0.25) is 4.79 Å². The van der Waals surface area contributed by atoms with Crippen molar-refractivity contribution in [2.45, 2.75) is 13.8 Å². The number of H-pyrrole nitrogens is 1. The normalized spacial score (nSPS) is 10.9. The first kappa shape index (κ1) is 12.9. The van der Waals surface area contributed by atoms with E-state index in [1.807, 2.05) is 50.2 Å². The molecule has 0 saturated carbocycles. The number of benzene rings is 2. The topological polar surface area (TPSA) is 32.9 Å². The van der Waals surface area contributed by atoms with Crippen molar-refractivity contribution in [3.05, 3.63) is 58.1 Å². The van der Waals surface area contributed by atoms with Crippen LogP contribution in [0.4, 0.5) is 0 Å².